The number of nitrogens with zero attached hydrogens (tertiary/aromatic N) is 2. The molecule has 0 aliphatic carbocycles. The smallest absolute Gasteiger partial charge is 0.299 e. The Morgan fingerprint density at radius 2 is 1.76 bits per heavy atom. The summed E-state index contributed by atoms with van der Waals surface area (Å²) in [7, 11) is 0. The number of aryl methyl sites for hydroxylation is 1. The normalized spacial score (nSPS) is 10.2. The summed E-state index contributed by atoms with van der Waals surface area (Å²) in [6.07, 6.45) is 0. The first-order valence-corrected chi connectivity index (χ1v) is 6.22. The average molecular weight is 308 g/mol. The number of nitrogens with one attached hydrogen (secondary N) is 1. The van der Waals surface area contributed by atoms with E-state index < -0.39 is 9.85 Å². The molecule has 0 fully saturated rings. The zero-order chi connectivity index (χ0) is 15.6. The molecule has 2 aromatic rings. The lowest BCUT2D eigenvalue weighted by molar-refractivity contribution is -0.393. The van der Waals surface area contributed by atoms with E-state index in [9.17, 15) is 20.2 Å². The van der Waals surface area contributed by atoms with Crippen molar-refractivity contribution in [1.82, 2.24) is 0 Å². The zero-order valence-electron chi connectivity index (χ0n) is 10.9. The summed E-state index contributed by atoms with van der Waals surface area (Å²) in [5.74, 6) is 0. The maximum Gasteiger partial charge on any atom is 0.299 e. The number of hydrogen-bond donors (Lipinski definition) is 1. The van der Waals surface area contributed by atoms with Crippen LogP contribution in [-0.2, 0) is 0 Å². The predicted molar refractivity (Wildman–Crippen MR) is 79.2 cm³/mol. The van der Waals surface area contributed by atoms with Crippen molar-refractivity contribution in [1.29, 1.82) is 0 Å². The molecule has 7 nitrogen and oxygen atoms in total. The van der Waals surface area contributed by atoms with Crippen molar-refractivity contribution < 1.29 is 9.85 Å². The van der Waals surface area contributed by atoms with Crippen LogP contribution >= 0.6 is 11.6 Å². The monoisotopic (exact) mass is 307 g/mol. The molecule has 0 unspecified atom stereocenters. The fourth-order valence-electron chi connectivity index (χ4n) is 1.72. The Morgan fingerprint density at radius 3 is 2.33 bits per heavy atom. The topological polar surface area (TPSA) is 98.3 Å². The molecule has 108 valence electrons. The second-order valence-electron chi connectivity index (χ2n) is 4.30. The molecule has 0 saturated heterocycles. The summed E-state index contributed by atoms with van der Waals surface area (Å²) in [5.41, 5.74) is 0.878. The molecule has 0 radical (unpaired) electrons. The van der Waals surface area contributed by atoms with E-state index in [1.165, 1.54) is 12.1 Å². The van der Waals surface area contributed by atoms with Gasteiger partial charge in [0.1, 0.15) is 5.69 Å². The number of nitro benzene ring substituents is 2. The highest BCUT2D eigenvalue weighted by Gasteiger charge is 2.19. The Morgan fingerprint density at radius 1 is 1.05 bits per heavy atom. The summed E-state index contributed by atoms with van der Waals surface area (Å²) < 4.78 is 0. The minimum atomic E-state index is -0.681. The van der Waals surface area contributed by atoms with Gasteiger partial charge in [0.2, 0.25) is 0 Å². The summed E-state index contributed by atoms with van der Waals surface area (Å²) >= 11 is 5.99. The lowest BCUT2D eigenvalue weighted by Gasteiger charge is -2.08. The van der Waals surface area contributed by atoms with Crippen molar-refractivity contribution in [3.8, 4) is 0 Å². The molecule has 8 heteroatoms. The summed E-state index contributed by atoms with van der Waals surface area (Å²) in [4.78, 5) is 20.3. The maximum absolute atomic E-state index is 11.0. The van der Waals surface area contributed by atoms with Gasteiger partial charge in [0, 0.05) is 16.8 Å². The quantitative estimate of drug-likeness (QED) is 0.674. The SMILES string of the molecule is Cc1ccc(Nc2ccc([N+](=O)[O-])cc2[N+](=O)[O-])cc1Cl. The van der Waals surface area contributed by atoms with Crippen molar-refractivity contribution in [2.45, 2.75) is 6.92 Å². The Labute approximate surface area is 124 Å². The van der Waals surface area contributed by atoms with Crippen LogP contribution in [0.25, 0.3) is 0 Å². The minimum absolute atomic E-state index is 0.158. The van der Waals surface area contributed by atoms with E-state index in [1.807, 2.05) is 6.92 Å². The van der Waals surface area contributed by atoms with Crippen LogP contribution in [0.2, 0.25) is 5.02 Å². The van der Waals surface area contributed by atoms with Gasteiger partial charge in [0.05, 0.1) is 15.9 Å². The molecule has 0 atom stereocenters. The number of benzene rings is 2. The molecule has 0 aromatic heterocycles. The highest BCUT2D eigenvalue weighted by atomic mass is 35.5. The molecule has 0 bridgehead atoms. The van der Waals surface area contributed by atoms with Crippen LogP contribution in [-0.4, -0.2) is 9.85 Å². The minimum Gasteiger partial charge on any atom is -0.350 e. The van der Waals surface area contributed by atoms with Gasteiger partial charge in [-0.15, -0.1) is 0 Å². The Kier molecular flexibility index (Phi) is 4.04. The molecule has 21 heavy (non-hydrogen) atoms. The Hall–Kier alpha value is -2.67. The van der Waals surface area contributed by atoms with Gasteiger partial charge in [-0.1, -0.05) is 17.7 Å². The van der Waals surface area contributed by atoms with Gasteiger partial charge in [0.25, 0.3) is 11.4 Å². The van der Waals surface area contributed by atoms with Crippen molar-refractivity contribution in [3.05, 3.63) is 67.2 Å². The first-order valence-electron chi connectivity index (χ1n) is 5.84. The Bertz CT molecular complexity index is 733. The molecule has 0 aliphatic rings. The lowest BCUT2D eigenvalue weighted by atomic mass is 10.2. The number of nitro groups is 2. The molecular weight excluding hydrogens is 298 g/mol. The number of hydrogen-bond acceptors (Lipinski definition) is 5. The maximum atomic E-state index is 11.0. The van der Waals surface area contributed by atoms with Crippen LogP contribution in [0, 0.1) is 27.2 Å². The van der Waals surface area contributed by atoms with E-state index in [0.717, 1.165) is 11.6 Å². The van der Waals surface area contributed by atoms with Gasteiger partial charge in [-0.05, 0) is 30.7 Å². The van der Waals surface area contributed by atoms with Gasteiger partial charge in [0.15, 0.2) is 0 Å². The van der Waals surface area contributed by atoms with Crippen molar-refractivity contribution >= 4 is 34.4 Å². The molecule has 1 N–H and O–H groups in total. The molecule has 2 aromatic carbocycles. The van der Waals surface area contributed by atoms with E-state index in [4.69, 9.17) is 11.6 Å². The average Bonchev–Trinajstić information content (AvgIpc) is 2.43. The molecule has 0 spiro atoms. The molecule has 0 amide bonds. The second-order valence-corrected chi connectivity index (χ2v) is 4.71. The first kappa shape index (κ1) is 14.7. The fraction of sp³-hybridized carbons (Fsp3) is 0.0769. The van der Waals surface area contributed by atoms with E-state index >= 15 is 0 Å². The van der Waals surface area contributed by atoms with Crippen LogP contribution in [0.4, 0.5) is 22.7 Å². The number of halogens is 1. The van der Waals surface area contributed by atoms with E-state index in [2.05, 4.69) is 5.32 Å². The van der Waals surface area contributed by atoms with Gasteiger partial charge < -0.3 is 5.32 Å². The number of anilines is 2. The second kappa shape index (κ2) is 5.76. The van der Waals surface area contributed by atoms with Crippen molar-refractivity contribution in [3.63, 3.8) is 0 Å². The molecular formula is C13H10ClN3O4. The Balaban J connectivity index is 2.41. The standard InChI is InChI=1S/C13H10ClN3O4/c1-8-2-3-9(6-11(8)14)15-12-5-4-10(16(18)19)7-13(12)17(20)21/h2-7,15H,1H3. The molecule has 0 aliphatic heterocycles. The van der Waals surface area contributed by atoms with Crippen LogP contribution in [0.15, 0.2) is 36.4 Å². The predicted octanol–water partition coefficient (Wildman–Crippen LogP) is 4.21. The largest absolute Gasteiger partial charge is 0.350 e. The zero-order valence-corrected chi connectivity index (χ0v) is 11.6. The molecule has 0 heterocycles. The summed E-state index contributed by atoms with van der Waals surface area (Å²) in [6, 6.07) is 8.52. The van der Waals surface area contributed by atoms with Gasteiger partial charge in [-0.2, -0.15) is 0 Å². The fourth-order valence-corrected chi connectivity index (χ4v) is 1.90. The third-order valence-corrected chi connectivity index (χ3v) is 3.25. The van der Waals surface area contributed by atoms with Crippen molar-refractivity contribution in [2.75, 3.05) is 5.32 Å². The van der Waals surface area contributed by atoms with Gasteiger partial charge in [-0.3, -0.25) is 20.2 Å². The summed E-state index contributed by atoms with van der Waals surface area (Å²) in [5, 5.41) is 25.1. The van der Waals surface area contributed by atoms with Crippen LogP contribution in [0.5, 0.6) is 0 Å². The van der Waals surface area contributed by atoms with Gasteiger partial charge >= 0.3 is 0 Å². The third kappa shape index (κ3) is 3.26. The highest BCUT2D eigenvalue weighted by Crippen LogP contribution is 2.32. The summed E-state index contributed by atoms with van der Waals surface area (Å²) in [6.45, 7) is 1.83. The molecule has 2 rings (SSSR count). The third-order valence-electron chi connectivity index (χ3n) is 2.84. The number of non-ortho nitro benzene ring substituents is 1. The highest BCUT2D eigenvalue weighted by molar-refractivity contribution is 6.31. The van der Waals surface area contributed by atoms with Crippen LogP contribution < -0.4 is 5.32 Å². The van der Waals surface area contributed by atoms with Crippen molar-refractivity contribution in [2.24, 2.45) is 0 Å². The lowest BCUT2D eigenvalue weighted by Crippen LogP contribution is -1.99. The number of rotatable bonds is 4. The van der Waals surface area contributed by atoms with Gasteiger partial charge in [-0.25, -0.2) is 0 Å². The molecule has 0 saturated carbocycles. The van der Waals surface area contributed by atoms with Crippen LogP contribution in [0.1, 0.15) is 5.56 Å². The first-order chi connectivity index (χ1) is 9.88. The van der Waals surface area contributed by atoms with E-state index in [1.54, 1.807) is 18.2 Å². The van der Waals surface area contributed by atoms with E-state index in [0.29, 0.717) is 10.7 Å². The van der Waals surface area contributed by atoms with Crippen LogP contribution in [0.3, 0.4) is 0 Å². The van der Waals surface area contributed by atoms with E-state index in [-0.39, 0.29) is 17.1 Å².